The second-order valence-corrected chi connectivity index (χ2v) is 6.33. The fraction of sp³-hybridized carbons (Fsp3) is 0.300. The number of hydrogen-bond donors (Lipinski definition) is 1. The van der Waals surface area contributed by atoms with E-state index >= 15 is 0 Å². The van der Waals surface area contributed by atoms with Crippen molar-refractivity contribution in [1.29, 1.82) is 0 Å². The third kappa shape index (κ3) is 5.45. The van der Waals surface area contributed by atoms with Crippen LogP contribution in [-0.4, -0.2) is 57.1 Å². The van der Waals surface area contributed by atoms with E-state index in [2.05, 4.69) is 15.4 Å². The van der Waals surface area contributed by atoms with E-state index in [0.717, 1.165) is 5.69 Å². The summed E-state index contributed by atoms with van der Waals surface area (Å²) in [5.74, 6) is 0.475. The van der Waals surface area contributed by atoms with Crippen molar-refractivity contribution in [2.45, 2.75) is 0 Å². The Bertz CT molecular complexity index is 927. The lowest BCUT2D eigenvalue weighted by Gasteiger charge is -2.29. The SMILES string of the molecule is COc1ccccc1OCC(=O)N/N=C\c1cc([N+](=O)[O-])ccc1N1CCOCC1. The summed E-state index contributed by atoms with van der Waals surface area (Å²) >= 11 is 0. The Morgan fingerprint density at radius 2 is 2.00 bits per heavy atom. The van der Waals surface area contributed by atoms with Crippen molar-refractivity contribution in [1.82, 2.24) is 5.43 Å². The van der Waals surface area contributed by atoms with Gasteiger partial charge in [0.1, 0.15) is 0 Å². The minimum atomic E-state index is -0.476. The van der Waals surface area contributed by atoms with Crippen LogP contribution in [0.4, 0.5) is 11.4 Å². The summed E-state index contributed by atoms with van der Waals surface area (Å²) < 4.78 is 16.0. The van der Waals surface area contributed by atoms with Gasteiger partial charge in [-0.3, -0.25) is 14.9 Å². The number of morpholine rings is 1. The van der Waals surface area contributed by atoms with Crippen molar-refractivity contribution in [2.75, 3.05) is 44.9 Å². The molecule has 0 radical (unpaired) electrons. The zero-order valence-electron chi connectivity index (χ0n) is 16.4. The number of ether oxygens (including phenoxy) is 3. The van der Waals surface area contributed by atoms with Gasteiger partial charge in [-0.25, -0.2) is 5.43 Å². The second kappa shape index (κ2) is 10.2. The lowest BCUT2D eigenvalue weighted by atomic mass is 10.1. The normalized spacial score (nSPS) is 13.8. The Hall–Kier alpha value is -3.66. The van der Waals surface area contributed by atoms with Gasteiger partial charge in [0.2, 0.25) is 0 Å². The van der Waals surface area contributed by atoms with Crippen LogP contribution in [0.5, 0.6) is 11.5 Å². The van der Waals surface area contributed by atoms with Gasteiger partial charge >= 0.3 is 0 Å². The first-order valence-corrected chi connectivity index (χ1v) is 9.27. The highest BCUT2D eigenvalue weighted by Crippen LogP contribution is 2.26. The van der Waals surface area contributed by atoms with Gasteiger partial charge in [0, 0.05) is 36.5 Å². The van der Waals surface area contributed by atoms with E-state index in [9.17, 15) is 14.9 Å². The Kier molecular flexibility index (Phi) is 7.17. The average molecular weight is 414 g/mol. The number of anilines is 1. The van der Waals surface area contributed by atoms with Crippen molar-refractivity contribution in [3.05, 3.63) is 58.1 Å². The van der Waals surface area contributed by atoms with Gasteiger partial charge in [0.05, 0.1) is 31.5 Å². The summed E-state index contributed by atoms with van der Waals surface area (Å²) in [6.45, 7) is 2.22. The molecule has 2 aromatic carbocycles. The Morgan fingerprint density at radius 3 is 2.70 bits per heavy atom. The Morgan fingerprint density at radius 1 is 1.27 bits per heavy atom. The van der Waals surface area contributed by atoms with Gasteiger partial charge in [-0.2, -0.15) is 5.10 Å². The van der Waals surface area contributed by atoms with Crippen molar-refractivity contribution >= 4 is 23.5 Å². The molecule has 2 aromatic rings. The molecule has 1 fully saturated rings. The third-order valence-electron chi connectivity index (χ3n) is 4.39. The highest BCUT2D eigenvalue weighted by Gasteiger charge is 2.17. The molecule has 158 valence electrons. The van der Waals surface area contributed by atoms with E-state index in [4.69, 9.17) is 14.2 Å². The maximum Gasteiger partial charge on any atom is 0.277 e. The number of hydrazone groups is 1. The first kappa shape index (κ1) is 21.1. The lowest BCUT2D eigenvalue weighted by Crippen LogP contribution is -2.36. The second-order valence-electron chi connectivity index (χ2n) is 6.33. The maximum absolute atomic E-state index is 12.0. The molecular weight excluding hydrogens is 392 g/mol. The average Bonchev–Trinajstić information content (AvgIpc) is 2.78. The van der Waals surface area contributed by atoms with Crippen LogP contribution >= 0.6 is 0 Å². The molecule has 0 spiro atoms. The molecule has 0 unspecified atom stereocenters. The van der Waals surface area contributed by atoms with Crippen LogP contribution < -0.4 is 19.8 Å². The number of hydrogen-bond acceptors (Lipinski definition) is 8. The summed E-state index contributed by atoms with van der Waals surface area (Å²) in [6, 6.07) is 11.5. The van der Waals surface area contributed by atoms with Crippen LogP contribution in [-0.2, 0) is 9.53 Å². The largest absolute Gasteiger partial charge is 0.493 e. The van der Waals surface area contributed by atoms with Gasteiger partial charge in [0.25, 0.3) is 11.6 Å². The van der Waals surface area contributed by atoms with Crippen LogP contribution in [0.15, 0.2) is 47.6 Å². The van der Waals surface area contributed by atoms with E-state index in [1.807, 2.05) is 0 Å². The van der Waals surface area contributed by atoms with E-state index in [1.165, 1.54) is 25.5 Å². The molecule has 1 aliphatic rings. The summed E-state index contributed by atoms with van der Waals surface area (Å²) in [7, 11) is 1.51. The number of carbonyl (C=O) groups is 1. The van der Waals surface area contributed by atoms with Crippen molar-refractivity contribution in [2.24, 2.45) is 5.10 Å². The van der Waals surface area contributed by atoms with Crippen molar-refractivity contribution in [3.63, 3.8) is 0 Å². The molecule has 0 bridgehead atoms. The van der Waals surface area contributed by atoms with Crippen LogP contribution in [0.25, 0.3) is 0 Å². The Balaban J connectivity index is 1.65. The zero-order valence-corrected chi connectivity index (χ0v) is 16.4. The number of nitrogens with zero attached hydrogens (tertiary/aromatic N) is 3. The molecule has 1 amide bonds. The third-order valence-corrected chi connectivity index (χ3v) is 4.39. The molecule has 0 atom stereocenters. The minimum Gasteiger partial charge on any atom is -0.493 e. The van der Waals surface area contributed by atoms with Crippen LogP contribution in [0, 0.1) is 10.1 Å². The van der Waals surface area contributed by atoms with Crippen LogP contribution in [0.2, 0.25) is 0 Å². The van der Waals surface area contributed by atoms with E-state index in [-0.39, 0.29) is 12.3 Å². The number of nitro benzene ring substituents is 1. The predicted molar refractivity (Wildman–Crippen MR) is 110 cm³/mol. The van der Waals surface area contributed by atoms with Crippen LogP contribution in [0.3, 0.4) is 0 Å². The molecule has 1 N–H and O–H groups in total. The molecule has 30 heavy (non-hydrogen) atoms. The molecule has 1 aliphatic heterocycles. The first-order valence-electron chi connectivity index (χ1n) is 9.27. The number of amides is 1. The standard InChI is InChI=1S/C20H22N4O6/c1-28-18-4-2-3-5-19(18)30-14-20(25)22-21-13-15-12-16(24(26)27)6-7-17(15)23-8-10-29-11-9-23/h2-7,12-13H,8-11,14H2,1H3,(H,22,25)/b21-13-. The van der Waals surface area contributed by atoms with Gasteiger partial charge < -0.3 is 19.1 Å². The topological polar surface area (TPSA) is 116 Å². The number of nitro groups is 1. The molecule has 0 saturated carbocycles. The van der Waals surface area contributed by atoms with Crippen molar-refractivity contribution < 1.29 is 23.9 Å². The summed E-state index contributed by atoms with van der Waals surface area (Å²) in [5, 5.41) is 15.1. The maximum atomic E-state index is 12.0. The molecule has 0 aliphatic carbocycles. The first-order chi connectivity index (χ1) is 14.6. The highest BCUT2D eigenvalue weighted by atomic mass is 16.6. The smallest absolute Gasteiger partial charge is 0.277 e. The monoisotopic (exact) mass is 414 g/mol. The predicted octanol–water partition coefficient (Wildman–Crippen LogP) is 1.97. The van der Waals surface area contributed by atoms with E-state index in [0.29, 0.717) is 43.4 Å². The number of rotatable bonds is 8. The number of non-ortho nitro benzene ring substituents is 1. The van der Waals surface area contributed by atoms with Gasteiger partial charge in [-0.15, -0.1) is 0 Å². The van der Waals surface area contributed by atoms with Gasteiger partial charge in [0.15, 0.2) is 18.1 Å². The van der Waals surface area contributed by atoms with E-state index in [1.54, 1.807) is 30.3 Å². The number of benzene rings is 2. The van der Waals surface area contributed by atoms with E-state index < -0.39 is 10.8 Å². The molecule has 10 heteroatoms. The number of nitrogens with one attached hydrogen (secondary N) is 1. The lowest BCUT2D eigenvalue weighted by molar-refractivity contribution is -0.384. The molecule has 1 saturated heterocycles. The molecule has 10 nitrogen and oxygen atoms in total. The van der Waals surface area contributed by atoms with Crippen molar-refractivity contribution in [3.8, 4) is 11.5 Å². The summed E-state index contributed by atoms with van der Waals surface area (Å²) in [5.41, 5.74) is 3.62. The number of para-hydroxylation sites is 2. The van der Waals surface area contributed by atoms with Crippen LogP contribution in [0.1, 0.15) is 5.56 Å². The summed E-state index contributed by atoms with van der Waals surface area (Å²) in [4.78, 5) is 24.8. The fourth-order valence-corrected chi connectivity index (χ4v) is 2.94. The highest BCUT2D eigenvalue weighted by molar-refractivity contribution is 5.90. The molecule has 3 rings (SSSR count). The minimum absolute atomic E-state index is 0.0562. The van der Waals surface area contributed by atoms with Gasteiger partial charge in [-0.05, 0) is 18.2 Å². The molecule has 1 heterocycles. The molecule has 0 aromatic heterocycles. The summed E-state index contributed by atoms with van der Waals surface area (Å²) in [6.07, 6.45) is 1.39. The molecular formula is C20H22N4O6. The Labute approximate surface area is 173 Å². The zero-order chi connectivity index (χ0) is 21.3. The number of methoxy groups -OCH3 is 1. The quantitative estimate of drug-likeness (QED) is 0.399. The van der Waals surface area contributed by atoms with Gasteiger partial charge in [-0.1, -0.05) is 12.1 Å². The fourth-order valence-electron chi connectivity index (χ4n) is 2.94. The number of carbonyl (C=O) groups excluding carboxylic acids is 1.